The lowest BCUT2D eigenvalue weighted by Gasteiger charge is -2.40. The molecule has 0 radical (unpaired) electrons. The first-order chi connectivity index (χ1) is 9.53. The Hall–Kier alpha value is -0.570. The summed E-state index contributed by atoms with van der Waals surface area (Å²) in [7, 11) is 0. The van der Waals surface area contributed by atoms with Gasteiger partial charge in [0.1, 0.15) is 0 Å². The van der Waals surface area contributed by atoms with Gasteiger partial charge in [-0.25, -0.2) is 0 Å². The van der Waals surface area contributed by atoms with Gasteiger partial charge in [0.15, 0.2) is 0 Å². The second-order valence-corrected chi connectivity index (χ2v) is 6.96. The van der Waals surface area contributed by atoms with Crippen LogP contribution in [-0.4, -0.2) is 30.1 Å². The van der Waals surface area contributed by atoms with Crippen molar-refractivity contribution in [1.29, 1.82) is 0 Å². The number of rotatable bonds is 4. The largest absolute Gasteiger partial charge is 0.329 e. The van der Waals surface area contributed by atoms with Crippen LogP contribution in [0.1, 0.15) is 38.7 Å². The van der Waals surface area contributed by atoms with E-state index in [9.17, 15) is 0 Å². The van der Waals surface area contributed by atoms with Crippen LogP contribution in [0.15, 0.2) is 24.3 Å². The summed E-state index contributed by atoms with van der Waals surface area (Å²) in [6.45, 7) is 7.71. The van der Waals surface area contributed by atoms with Crippen molar-refractivity contribution in [2.75, 3.05) is 19.6 Å². The molecule has 0 aliphatic carbocycles. The number of hydrogen-bond acceptors (Lipinski definition) is 2. The third-order valence-electron chi connectivity index (χ3n) is 4.72. The standard InChI is InChI=1S/C17H27ClN2/c1-14-4-3-10-20(11-9-14)17(2,13-19)12-15-5-7-16(18)8-6-15/h5-8,14H,3-4,9-13,19H2,1-2H3. The molecule has 1 aromatic carbocycles. The normalized spacial score (nSPS) is 24.1. The van der Waals surface area contributed by atoms with Crippen LogP contribution in [0.3, 0.4) is 0 Å². The van der Waals surface area contributed by atoms with Gasteiger partial charge in [0.2, 0.25) is 0 Å². The van der Waals surface area contributed by atoms with Crippen LogP contribution in [0.5, 0.6) is 0 Å². The molecular weight excluding hydrogens is 268 g/mol. The number of likely N-dealkylation sites (tertiary alicyclic amines) is 1. The summed E-state index contributed by atoms with van der Waals surface area (Å²) < 4.78 is 0. The number of nitrogens with zero attached hydrogens (tertiary/aromatic N) is 1. The molecule has 1 aliphatic rings. The zero-order chi connectivity index (χ0) is 14.6. The average Bonchev–Trinajstić information content (AvgIpc) is 2.66. The highest BCUT2D eigenvalue weighted by Crippen LogP contribution is 2.26. The molecule has 2 nitrogen and oxygen atoms in total. The molecule has 0 amide bonds. The van der Waals surface area contributed by atoms with Crippen molar-refractivity contribution in [3.63, 3.8) is 0 Å². The molecule has 1 heterocycles. The van der Waals surface area contributed by atoms with Crippen molar-refractivity contribution >= 4 is 11.6 Å². The van der Waals surface area contributed by atoms with Crippen LogP contribution in [0.4, 0.5) is 0 Å². The SMILES string of the molecule is CC1CCCN(C(C)(CN)Cc2ccc(Cl)cc2)CC1. The van der Waals surface area contributed by atoms with Crippen LogP contribution in [0.25, 0.3) is 0 Å². The molecule has 2 N–H and O–H groups in total. The summed E-state index contributed by atoms with van der Waals surface area (Å²) >= 11 is 5.97. The number of benzene rings is 1. The van der Waals surface area contributed by atoms with Crippen molar-refractivity contribution in [2.24, 2.45) is 11.7 Å². The third kappa shape index (κ3) is 3.97. The van der Waals surface area contributed by atoms with E-state index < -0.39 is 0 Å². The Labute approximate surface area is 128 Å². The molecule has 0 aromatic heterocycles. The number of nitrogens with two attached hydrogens (primary N) is 1. The Kier molecular flexibility index (Phi) is 5.48. The van der Waals surface area contributed by atoms with E-state index >= 15 is 0 Å². The monoisotopic (exact) mass is 294 g/mol. The second-order valence-electron chi connectivity index (χ2n) is 6.53. The van der Waals surface area contributed by atoms with Gasteiger partial charge in [0.05, 0.1) is 0 Å². The summed E-state index contributed by atoms with van der Waals surface area (Å²) in [5.41, 5.74) is 7.51. The Morgan fingerprint density at radius 1 is 1.25 bits per heavy atom. The molecule has 2 unspecified atom stereocenters. The first kappa shape index (κ1) is 15.8. The summed E-state index contributed by atoms with van der Waals surface area (Å²) in [6, 6.07) is 8.18. The van der Waals surface area contributed by atoms with E-state index in [-0.39, 0.29) is 5.54 Å². The maximum atomic E-state index is 6.13. The molecule has 0 saturated carbocycles. The molecule has 0 spiro atoms. The van der Waals surface area contributed by atoms with E-state index in [1.807, 2.05) is 12.1 Å². The lowest BCUT2D eigenvalue weighted by atomic mass is 9.90. The van der Waals surface area contributed by atoms with Crippen LogP contribution >= 0.6 is 11.6 Å². The van der Waals surface area contributed by atoms with Crippen LogP contribution < -0.4 is 5.73 Å². The maximum absolute atomic E-state index is 6.13. The number of halogens is 1. The lowest BCUT2D eigenvalue weighted by Crippen LogP contribution is -2.53. The lowest BCUT2D eigenvalue weighted by molar-refractivity contribution is 0.113. The molecule has 1 aromatic rings. The van der Waals surface area contributed by atoms with Gasteiger partial charge in [-0.15, -0.1) is 0 Å². The van der Waals surface area contributed by atoms with Gasteiger partial charge in [0, 0.05) is 17.1 Å². The predicted molar refractivity (Wildman–Crippen MR) is 87.2 cm³/mol. The zero-order valence-corrected chi connectivity index (χ0v) is 13.5. The van der Waals surface area contributed by atoms with E-state index in [1.54, 1.807) is 0 Å². The molecule has 0 bridgehead atoms. The van der Waals surface area contributed by atoms with Gasteiger partial charge in [-0.1, -0.05) is 30.7 Å². The molecule has 2 atom stereocenters. The minimum atomic E-state index is 0.0535. The fraction of sp³-hybridized carbons (Fsp3) is 0.647. The fourth-order valence-corrected chi connectivity index (χ4v) is 3.28. The molecule has 20 heavy (non-hydrogen) atoms. The molecular formula is C17H27ClN2. The van der Waals surface area contributed by atoms with Crippen molar-refractivity contribution in [1.82, 2.24) is 4.90 Å². The van der Waals surface area contributed by atoms with Gasteiger partial charge in [-0.3, -0.25) is 4.90 Å². The molecule has 1 aliphatic heterocycles. The quantitative estimate of drug-likeness (QED) is 0.917. The Morgan fingerprint density at radius 2 is 1.95 bits per heavy atom. The van der Waals surface area contributed by atoms with Crippen molar-refractivity contribution in [3.8, 4) is 0 Å². The molecule has 2 rings (SSSR count). The second kappa shape index (κ2) is 6.93. The van der Waals surface area contributed by atoms with Gasteiger partial charge in [0.25, 0.3) is 0 Å². The van der Waals surface area contributed by atoms with Crippen molar-refractivity contribution in [3.05, 3.63) is 34.9 Å². The molecule has 112 valence electrons. The van der Waals surface area contributed by atoms with Crippen LogP contribution in [0.2, 0.25) is 5.02 Å². The predicted octanol–water partition coefficient (Wildman–Crippen LogP) is 3.72. The van der Waals surface area contributed by atoms with E-state index in [4.69, 9.17) is 17.3 Å². The van der Waals surface area contributed by atoms with E-state index in [0.29, 0.717) is 6.54 Å². The number of hydrogen-bond donors (Lipinski definition) is 1. The zero-order valence-electron chi connectivity index (χ0n) is 12.7. The molecule has 1 fully saturated rings. The Bertz CT molecular complexity index is 418. The smallest absolute Gasteiger partial charge is 0.0406 e. The van der Waals surface area contributed by atoms with E-state index in [0.717, 1.165) is 17.4 Å². The van der Waals surface area contributed by atoms with Crippen molar-refractivity contribution < 1.29 is 0 Å². The van der Waals surface area contributed by atoms with Gasteiger partial charge >= 0.3 is 0 Å². The third-order valence-corrected chi connectivity index (χ3v) is 4.97. The van der Waals surface area contributed by atoms with Crippen LogP contribution in [0, 0.1) is 5.92 Å². The highest BCUT2D eigenvalue weighted by Gasteiger charge is 2.31. The fourth-order valence-electron chi connectivity index (χ4n) is 3.16. The minimum Gasteiger partial charge on any atom is -0.329 e. The van der Waals surface area contributed by atoms with Gasteiger partial charge in [-0.2, -0.15) is 0 Å². The van der Waals surface area contributed by atoms with E-state index in [1.165, 1.54) is 37.9 Å². The Balaban J connectivity index is 2.09. The average molecular weight is 295 g/mol. The van der Waals surface area contributed by atoms with Crippen molar-refractivity contribution in [2.45, 2.75) is 45.1 Å². The molecule has 1 saturated heterocycles. The van der Waals surface area contributed by atoms with E-state index in [2.05, 4.69) is 30.9 Å². The first-order valence-corrected chi connectivity index (χ1v) is 8.11. The highest BCUT2D eigenvalue weighted by atomic mass is 35.5. The van der Waals surface area contributed by atoms with Gasteiger partial charge < -0.3 is 5.73 Å². The van der Waals surface area contributed by atoms with Gasteiger partial charge in [-0.05, 0) is 69.3 Å². The summed E-state index contributed by atoms with van der Waals surface area (Å²) in [4.78, 5) is 2.60. The molecule has 3 heteroatoms. The minimum absolute atomic E-state index is 0.0535. The highest BCUT2D eigenvalue weighted by molar-refractivity contribution is 6.30. The first-order valence-electron chi connectivity index (χ1n) is 7.73. The summed E-state index contributed by atoms with van der Waals surface area (Å²) in [6.07, 6.45) is 4.92. The summed E-state index contributed by atoms with van der Waals surface area (Å²) in [5.74, 6) is 0.845. The Morgan fingerprint density at radius 3 is 2.60 bits per heavy atom. The topological polar surface area (TPSA) is 29.3 Å². The summed E-state index contributed by atoms with van der Waals surface area (Å²) in [5, 5.41) is 0.798. The maximum Gasteiger partial charge on any atom is 0.0406 e. The van der Waals surface area contributed by atoms with Crippen LogP contribution in [-0.2, 0) is 6.42 Å².